The number of halogens is 1. The molecule has 0 spiro atoms. The molecule has 7 heteroatoms. The Bertz CT molecular complexity index is 852. The van der Waals surface area contributed by atoms with Gasteiger partial charge in [0.25, 0.3) is 5.56 Å². The highest BCUT2D eigenvalue weighted by atomic mass is 35.5. The van der Waals surface area contributed by atoms with Gasteiger partial charge in [0.2, 0.25) is 0 Å². The second-order valence-corrected chi connectivity index (χ2v) is 5.09. The number of carbonyl (C=O) groups is 1. The normalized spacial score (nSPS) is 10.5. The Labute approximate surface area is 131 Å². The van der Waals surface area contributed by atoms with Gasteiger partial charge in [0.05, 0.1) is 22.9 Å². The molecule has 116 valence electrons. The van der Waals surface area contributed by atoms with Crippen LogP contribution in [0.5, 0.6) is 0 Å². The maximum atomic E-state index is 12.3. The lowest BCUT2D eigenvalue weighted by Crippen LogP contribution is -2.38. The van der Waals surface area contributed by atoms with Crippen molar-refractivity contribution in [2.24, 2.45) is 7.05 Å². The van der Waals surface area contributed by atoms with Gasteiger partial charge in [-0.3, -0.25) is 4.79 Å². The van der Waals surface area contributed by atoms with Gasteiger partial charge in [-0.25, -0.2) is 14.2 Å². The number of benzene rings is 1. The van der Waals surface area contributed by atoms with Gasteiger partial charge in [0, 0.05) is 18.8 Å². The Kier molecular flexibility index (Phi) is 4.51. The van der Waals surface area contributed by atoms with Crippen LogP contribution < -0.4 is 11.2 Å². The topological polar surface area (TPSA) is 70.3 Å². The van der Waals surface area contributed by atoms with Crippen molar-refractivity contribution in [3.63, 3.8) is 0 Å². The van der Waals surface area contributed by atoms with Crippen LogP contribution in [0.2, 0.25) is 5.02 Å². The van der Waals surface area contributed by atoms with Crippen molar-refractivity contribution in [1.29, 1.82) is 0 Å². The Morgan fingerprint density at radius 2 is 1.95 bits per heavy atom. The van der Waals surface area contributed by atoms with E-state index in [1.807, 2.05) is 0 Å². The van der Waals surface area contributed by atoms with Crippen molar-refractivity contribution in [2.45, 2.75) is 13.8 Å². The van der Waals surface area contributed by atoms with Crippen LogP contribution in [0.4, 0.5) is 0 Å². The fraction of sp³-hybridized carbons (Fsp3) is 0.267. The van der Waals surface area contributed by atoms with Gasteiger partial charge >= 0.3 is 11.7 Å². The van der Waals surface area contributed by atoms with Crippen LogP contribution in [0.25, 0.3) is 5.69 Å². The molecule has 2 rings (SSSR count). The van der Waals surface area contributed by atoms with E-state index in [2.05, 4.69) is 0 Å². The lowest BCUT2D eigenvalue weighted by atomic mass is 10.2. The number of aromatic nitrogens is 2. The predicted octanol–water partition coefficient (Wildman–Crippen LogP) is 1.67. The van der Waals surface area contributed by atoms with Crippen LogP contribution >= 0.6 is 11.6 Å². The van der Waals surface area contributed by atoms with Crippen molar-refractivity contribution >= 4 is 17.6 Å². The van der Waals surface area contributed by atoms with Crippen LogP contribution in [0.15, 0.2) is 33.9 Å². The molecule has 0 aliphatic heterocycles. The highest BCUT2D eigenvalue weighted by Crippen LogP contribution is 2.19. The lowest BCUT2D eigenvalue weighted by molar-refractivity contribution is 0.0526. The van der Waals surface area contributed by atoms with Gasteiger partial charge in [-0.2, -0.15) is 0 Å². The minimum absolute atomic E-state index is 0.107. The van der Waals surface area contributed by atoms with Crippen molar-refractivity contribution in [3.05, 3.63) is 61.4 Å². The van der Waals surface area contributed by atoms with E-state index in [1.54, 1.807) is 20.9 Å². The largest absolute Gasteiger partial charge is 0.462 e. The van der Waals surface area contributed by atoms with E-state index in [-0.39, 0.29) is 22.9 Å². The van der Waals surface area contributed by atoms with E-state index in [1.165, 1.54) is 28.8 Å². The summed E-state index contributed by atoms with van der Waals surface area (Å²) in [7, 11) is 1.57. The second kappa shape index (κ2) is 6.19. The molecule has 0 saturated carbocycles. The zero-order valence-corrected chi connectivity index (χ0v) is 13.2. The van der Waals surface area contributed by atoms with E-state index in [9.17, 15) is 14.4 Å². The third-order valence-electron chi connectivity index (χ3n) is 3.26. The first kappa shape index (κ1) is 16.0. The molecule has 22 heavy (non-hydrogen) atoms. The zero-order chi connectivity index (χ0) is 16.4. The van der Waals surface area contributed by atoms with Crippen LogP contribution in [0.1, 0.15) is 23.0 Å². The molecule has 1 heterocycles. The molecule has 0 radical (unpaired) electrons. The summed E-state index contributed by atoms with van der Waals surface area (Å²) in [6, 6.07) is 5.68. The number of aryl methyl sites for hydroxylation is 1. The minimum Gasteiger partial charge on any atom is -0.462 e. The molecule has 0 saturated heterocycles. The van der Waals surface area contributed by atoms with E-state index < -0.39 is 17.2 Å². The third-order valence-corrected chi connectivity index (χ3v) is 3.59. The molecule has 1 aromatic heterocycles. The van der Waals surface area contributed by atoms with Gasteiger partial charge in [0.15, 0.2) is 0 Å². The summed E-state index contributed by atoms with van der Waals surface area (Å²) in [6.07, 6.45) is 0. The number of rotatable bonds is 3. The van der Waals surface area contributed by atoms with Crippen LogP contribution in [-0.4, -0.2) is 21.7 Å². The second-order valence-electron chi connectivity index (χ2n) is 4.69. The van der Waals surface area contributed by atoms with Gasteiger partial charge in [0.1, 0.15) is 0 Å². The van der Waals surface area contributed by atoms with E-state index >= 15 is 0 Å². The summed E-state index contributed by atoms with van der Waals surface area (Å²) < 4.78 is 7.23. The molecule has 6 nitrogen and oxygen atoms in total. The molecule has 0 aliphatic rings. The van der Waals surface area contributed by atoms with E-state index in [4.69, 9.17) is 16.3 Å². The fourth-order valence-electron chi connectivity index (χ4n) is 1.99. The maximum absolute atomic E-state index is 12.3. The molecule has 0 fully saturated rings. The molecule has 2 aromatic rings. The van der Waals surface area contributed by atoms with Crippen molar-refractivity contribution in [1.82, 2.24) is 9.13 Å². The number of hydrogen-bond acceptors (Lipinski definition) is 4. The summed E-state index contributed by atoms with van der Waals surface area (Å²) in [4.78, 5) is 36.2. The molecule has 0 bridgehead atoms. The Balaban J connectivity index is 2.68. The standard InChI is InChI=1S/C15H15ClN2O4/c1-4-22-14(20)11-8-10(5-6-12(11)16)18-13(19)7-9(2)17(3)15(18)21/h5-8H,4H2,1-3H3. The Morgan fingerprint density at radius 3 is 2.59 bits per heavy atom. The Hall–Kier alpha value is -2.34. The zero-order valence-electron chi connectivity index (χ0n) is 12.4. The quantitative estimate of drug-likeness (QED) is 0.806. The number of carbonyl (C=O) groups excluding carboxylic acids is 1. The SMILES string of the molecule is CCOC(=O)c1cc(-n2c(=O)cc(C)n(C)c2=O)ccc1Cl. The first-order valence-corrected chi connectivity index (χ1v) is 7.01. The molecular formula is C15H15ClN2O4. The molecule has 0 unspecified atom stereocenters. The summed E-state index contributed by atoms with van der Waals surface area (Å²) in [5.41, 5.74) is -0.0562. The van der Waals surface area contributed by atoms with Gasteiger partial charge in [-0.15, -0.1) is 0 Å². The van der Waals surface area contributed by atoms with Crippen LogP contribution in [0.3, 0.4) is 0 Å². The third kappa shape index (κ3) is 2.82. The van der Waals surface area contributed by atoms with Crippen LogP contribution in [0, 0.1) is 6.92 Å². The highest BCUT2D eigenvalue weighted by molar-refractivity contribution is 6.33. The summed E-state index contributed by atoms with van der Waals surface area (Å²) in [5.74, 6) is -0.605. The summed E-state index contributed by atoms with van der Waals surface area (Å²) in [5, 5.41) is 0.194. The fourth-order valence-corrected chi connectivity index (χ4v) is 2.19. The van der Waals surface area contributed by atoms with Crippen LogP contribution in [-0.2, 0) is 11.8 Å². The molecule has 0 amide bonds. The number of nitrogens with zero attached hydrogens (tertiary/aromatic N) is 2. The summed E-state index contributed by atoms with van der Waals surface area (Å²) in [6.45, 7) is 3.54. The molecule has 0 atom stereocenters. The van der Waals surface area contributed by atoms with Gasteiger partial charge < -0.3 is 9.30 Å². The first-order chi connectivity index (χ1) is 10.4. The molecule has 0 N–H and O–H groups in total. The van der Waals surface area contributed by atoms with Crippen molar-refractivity contribution < 1.29 is 9.53 Å². The number of esters is 1. The van der Waals surface area contributed by atoms with Crippen molar-refractivity contribution in [2.75, 3.05) is 6.61 Å². The molecule has 1 aromatic carbocycles. The van der Waals surface area contributed by atoms with E-state index in [0.29, 0.717) is 5.69 Å². The summed E-state index contributed by atoms with van der Waals surface area (Å²) >= 11 is 5.98. The van der Waals surface area contributed by atoms with E-state index in [0.717, 1.165) is 4.57 Å². The average Bonchev–Trinajstić information content (AvgIpc) is 2.46. The predicted molar refractivity (Wildman–Crippen MR) is 83.0 cm³/mol. The first-order valence-electron chi connectivity index (χ1n) is 6.63. The average molecular weight is 323 g/mol. The monoisotopic (exact) mass is 322 g/mol. The van der Waals surface area contributed by atoms with Crippen molar-refractivity contribution in [3.8, 4) is 5.69 Å². The smallest absolute Gasteiger partial charge is 0.339 e. The number of ether oxygens (including phenoxy) is 1. The molecular weight excluding hydrogens is 308 g/mol. The lowest BCUT2D eigenvalue weighted by Gasteiger charge is -2.11. The molecule has 0 aliphatic carbocycles. The number of hydrogen-bond donors (Lipinski definition) is 0. The maximum Gasteiger partial charge on any atom is 0.339 e. The Morgan fingerprint density at radius 1 is 1.27 bits per heavy atom. The minimum atomic E-state index is -0.605. The van der Waals surface area contributed by atoms with Gasteiger partial charge in [-0.05, 0) is 32.0 Å². The highest BCUT2D eigenvalue weighted by Gasteiger charge is 2.15. The van der Waals surface area contributed by atoms with Gasteiger partial charge in [-0.1, -0.05) is 11.6 Å².